The lowest BCUT2D eigenvalue weighted by molar-refractivity contribution is -0.122. The van der Waals surface area contributed by atoms with Crippen molar-refractivity contribution in [3.63, 3.8) is 0 Å². The van der Waals surface area contributed by atoms with E-state index in [4.69, 9.17) is 0 Å². The quantitative estimate of drug-likeness (QED) is 0.903. The molecule has 2 fully saturated rings. The van der Waals surface area contributed by atoms with Gasteiger partial charge in [-0.05, 0) is 56.1 Å². The van der Waals surface area contributed by atoms with Crippen molar-refractivity contribution in [2.75, 3.05) is 19.6 Å². The molecule has 2 atom stereocenters. The standard InChI is InChI=1S/C18H24N4O2S/c23-16(11-22-12-20-14-6-9-25-17(14)18(22)24)19-10-13-4-3-8-21-7-2-1-5-15(13)21/h6,9,12-13,15H,1-5,7-8,10-11H2,(H,19,23)/t13-,15-/m0/s1. The van der Waals surface area contributed by atoms with Crippen LogP contribution in [0, 0.1) is 5.92 Å². The van der Waals surface area contributed by atoms with Crippen LogP contribution in [0.1, 0.15) is 32.1 Å². The van der Waals surface area contributed by atoms with Crippen molar-refractivity contribution < 1.29 is 4.79 Å². The predicted molar refractivity (Wildman–Crippen MR) is 98.8 cm³/mol. The molecule has 2 aliphatic heterocycles. The van der Waals surface area contributed by atoms with E-state index in [0.717, 1.165) is 0 Å². The third kappa shape index (κ3) is 3.48. The second-order valence-corrected chi connectivity index (χ2v) is 8.03. The Hall–Kier alpha value is -1.73. The third-order valence-corrected chi connectivity index (χ3v) is 6.43. The molecule has 2 saturated heterocycles. The van der Waals surface area contributed by atoms with Crippen LogP contribution in [0.4, 0.5) is 0 Å². The van der Waals surface area contributed by atoms with E-state index in [2.05, 4.69) is 15.2 Å². The summed E-state index contributed by atoms with van der Waals surface area (Å²) < 4.78 is 2.02. The zero-order valence-electron chi connectivity index (χ0n) is 14.3. The molecular weight excluding hydrogens is 336 g/mol. The number of amides is 1. The van der Waals surface area contributed by atoms with Gasteiger partial charge in [0, 0.05) is 12.6 Å². The van der Waals surface area contributed by atoms with Crippen LogP contribution >= 0.6 is 11.3 Å². The highest BCUT2D eigenvalue weighted by molar-refractivity contribution is 7.17. The largest absolute Gasteiger partial charge is 0.354 e. The molecule has 6 nitrogen and oxygen atoms in total. The first-order valence-corrected chi connectivity index (χ1v) is 10.0. The number of fused-ring (bicyclic) bond motifs is 2. The summed E-state index contributed by atoms with van der Waals surface area (Å²) in [7, 11) is 0. The third-order valence-electron chi connectivity index (χ3n) is 5.54. The van der Waals surface area contributed by atoms with Crippen LogP contribution in [0.2, 0.25) is 0 Å². The van der Waals surface area contributed by atoms with E-state index in [-0.39, 0.29) is 18.0 Å². The van der Waals surface area contributed by atoms with Gasteiger partial charge < -0.3 is 10.2 Å². The van der Waals surface area contributed by atoms with Crippen molar-refractivity contribution in [3.8, 4) is 0 Å². The molecule has 7 heteroatoms. The molecule has 0 unspecified atom stereocenters. The first-order chi connectivity index (χ1) is 12.2. The van der Waals surface area contributed by atoms with E-state index in [1.807, 2.05) is 11.4 Å². The second kappa shape index (κ2) is 7.25. The molecule has 1 amide bonds. The number of thiophene rings is 1. The fourth-order valence-electron chi connectivity index (χ4n) is 4.26. The molecule has 0 bridgehead atoms. The van der Waals surface area contributed by atoms with Gasteiger partial charge in [-0.15, -0.1) is 11.3 Å². The van der Waals surface area contributed by atoms with Crippen molar-refractivity contribution in [1.82, 2.24) is 19.8 Å². The lowest BCUT2D eigenvalue weighted by Gasteiger charge is -2.44. The van der Waals surface area contributed by atoms with Crippen LogP contribution in [0.15, 0.2) is 22.6 Å². The zero-order chi connectivity index (χ0) is 17.2. The molecule has 2 aromatic heterocycles. The maximum Gasteiger partial charge on any atom is 0.271 e. The molecule has 1 N–H and O–H groups in total. The Morgan fingerprint density at radius 2 is 2.16 bits per heavy atom. The summed E-state index contributed by atoms with van der Waals surface area (Å²) in [6.45, 7) is 3.16. The average molecular weight is 360 g/mol. The highest BCUT2D eigenvalue weighted by Gasteiger charge is 2.32. The van der Waals surface area contributed by atoms with Gasteiger partial charge in [-0.1, -0.05) is 6.42 Å². The smallest absolute Gasteiger partial charge is 0.271 e. The molecule has 4 rings (SSSR count). The number of piperidine rings is 2. The second-order valence-electron chi connectivity index (χ2n) is 7.12. The Balaban J connectivity index is 1.37. The Bertz CT molecular complexity index is 813. The summed E-state index contributed by atoms with van der Waals surface area (Å²) in [5.41, 5.74) is 0.567. The average Bonchev–Trinajstić information content (AvgIpc) is 3.12. The Kier molecular flexibility index (Phi) is 4.85. The molecule has 2 aromatic rings. The lowest BCUT2D eigenvalue weighted by Crippen LogP contribution is -2.51. The molecule has 0 aliphatic carbocycles. The number of hydrogen-bond acceptors (Lipinski definition) is 5. The molecule has 0 saturated carbocycles. The minimum Gasteiger partial charge on any atom is -0.354 e. The van der Waals surface area contributed by atoms with Gasteiger partial charge in [0.05, 0.1) is 11.8 Å². The Labute approximate surface area is 150 Å². The van der Waals surface area contributed by atoms with Crippen molar-refractivity contribution in [3.05, 3.63) is 28.1 Å². The van der Waals surface area contributed by atoms with Gasteiger partial charge in [-0.25, -0.2) is 4.98 Å². The minimum atomic E-state index is -0.133. The van der Waals surface area contributed by atoms with Gasteiger partial charge in [-0.3, -0.25) is 14.2 Å². The zero-order valence-corrected chi connectivity index (χ0v) is 15.1. The highest BCUT2D eigenvalue weighted by atomic mass is 32.1. The molecule has 134 valence electrons. The van der Waals surface area contributed by atoms with Crippen molar-refractivity contribution >= 4 is 27.5 Å². The molecule has 0 radical (unpaired) electrons. The summed E-state index contributed by atoms with van der Waals surface area (Å²) in [6.07, 6.45) is 7.73. The fraction of sp³-hybridized carbons (Fsp3) is 0.611. The normalized spacial score (nSPS) is 24.2. The van der Waals surface area contributed by atoms with Gasteiger partial charge >= 0.3 is 0 Å². The number of nitrogens with zero attached hydrogens (tertiary/aromatic N) is 3. The summed E-state index contributed by atoms with van der Waals surface area (Å²) in [4.78, 5) is 31.5. The fourth-order valence-corrected chi connectivity index (χ4v) is 5.06. The van der Waals surface area contributed by atoms with Crippen LogP contribution in [0.5, 0.6) is 0 Å². The first-order valence-electron chi connectivity index (χ1n) is 9.16. The van der Waals surface area contributed by atoms with Crippen molar-refractivity contribution in [2.24, 2.45) is 5.92 Å². The number of aromatic nitrogens is 2. The molecular formula is C18H24N4O2S. The van der Waals surface area contributed by atoms with Crippen LogP contribution in [0.25, 0.3) is 10.2 Å². The maximum atomic E-state index is 12.4. The van der Waals surface area contributed by atoms with Crippen molar-refractivity contribution in [2.45, 2.75) is 44.7 Å². The molecule has 4 heterocycles. The van der Waals surface area contributed by atoms with E-state index in [1.165, 1.54) is 67.4 Å². The van der Waals surface area contributed by atoms with Crippen LogP contribution in [0.3, 0.4) is 0 Å². The topological polar surface area (TPSA) is 67.2 Å². The summed E-state index contributed by atoms with van der Waals surface area (Å²) in [5.74, 6) is 0.431. The number of rotatable bonds is 4. The van der Waals surface area contributed by atoms with E-state index in [9.17, 15) is 9.59 Å². The van der Waals surface area contributed by atoms with Gasteiger partial charge in [0.15, 0.2) is 0 Å². The van der Waals surface area contributed by atoms with E-state index in [0.29, 0.717) is 28.7 Å². The SMILES string of the molecule is O=C(Cn1cnc2ccsc2c1=O)NC[C@@H]1CCCN2CCCC[C@@H]12. The van der Waals surface area contributed by atoms with Crippen LogP contribution < -0.4 is 10.9 Å². The summed E-state index contributed by atoms with van der Waals surface area (Å²) >= 11 is 1.37. The van der Waals surface area contributed by atoms with Gasteiger partial charge in [0.2, 0.25) is 5.91 Å². The van der Waals surface area contributed by atoms with Gasteiger partial charge in [0.1, 0.15) is 11.2 Å². The maximum absolute atomic E-state index is 12.4. The minimum absolute atomic E-state index is 0.0424. The first kappa shape index (κ1) is 16.7. The van der Waals surface area contributed by atoms with E-state index < -0.39 is 0 Å². The Morgan fingerprint density at radius 3 is 3.08 bits per heavy atom. The number of nitrogens with one attached hydrogen (secondary N) is 1. The van der Waals surface area contributed by atoms with Crippen LogP contribution in [-0.4, -0.2) is 46.0 Å². The van der Waals surface area contributed by atoms with Gasteiger partial charge in [-0.2, -0.15) is 0 Å². The van der Waals surface area contributed by atoms with E-state index >= 15 is 0 Å². The Morgan fingerprint density at radius 1 is 1.28 bits per heavy atom. The van der Waals surface area contributed by atoms with Gasteiger partial charge in [0.25, 0.3) is 5.56 Å². The summed E-state index contributed by atoms with van der Waals surface area (Å²) in [6, 6.07) is 2.44. The summed E-state index contributed by atoms with van der Waals surface area (Å²) in [5, 5.41) is 4.90. The monoisotopic (exact) mass is 360 g/mol. The van der Waals surface area contributed by atoms with Crippen LogP contribution in [-0.2, 0) is 11.3 Å². The number of carbonyl (C=O) groups is 1. The lowest BCUT2D eigenvalue weighted by atomic mass is 9.83. The molecule has 0 aromatic carbocycles. The number of carbonyl (C=O) groups excluding carboxylic acids is 1. The number of hydrogen-bond donors (Lipinski definition) is 1. The predicted octanol–water partition coefficient (Wildman–Crippen LogP) is 1.84. The van der Waals surface area contributed by atoms with E-state index in [1.54, 1.807) is 0 Å². The molecule has 2 aliphatic rings. The van der Waals surface area contributed by atoms with Crippen molar-refractivity contribution in [1.29, 1.82) is 0 Å². The highest BCUT2D eigenvalue weighted by Crippen LogP contribution is 2.30. The molecule has 25 heavy (non-hydrogen) atoms. The molecule has 0 spiro atoms.